The van der Waals surface area contributed by atoms with Crippen molar-refractivity contribution in [3.8, 4) is 5.75 Å². The Kier molecular flexibility index (Phi) is 4.22. The number of hydrogen-bond donors (Lipinski definition) is 1. The molecule has 0 fully saturated rings. The van der Waals surface area contributed by atoms with Crippen molar-refractivity contribution < 1.29 is 14.2 Å². The minimum Gasteiger partial charge on any atom is -0.491 e. The standard InChI is InChI=1S/C10H13FO2S/c1-3-13-8-4-5-9(14-2)7(6-12)10(8)11/h4-5,12H,3,6H2,1-2H3. The summed E-state index contributed by atoms with van der Waals surface area (Å²) in [5, 5.41) is 9.01. The van der Waals surface area contributed by atoms with Crippen LogP contribution in [0.3, 0.4) is 0 Å². The smallest absolute Gasteiger partial charge is 0.171 e. The maximum absolute atomic E-state index is 13.6. The molecule has 4 heteroatoms. The minimum absolute atomic E-state index is 0.203. The number of rotatable bonds is 4. The van der Waals surface area contributed by atoms with Crippen molar-refractivity contribution in [2.45, 2.75) is 18.4 Å². The van der Waals surface area contributed by atoms with Gasteiger partial charge in [-0.1, -0.05) is 0 Å². The Morgan fingerprint density at radius 1 is 1.50 bits per heavy atom. The first-order chi connectivity index (χ1) is 6.74. The van der Waals surface area contributed by atoms with Gasteiger partial charge in [0.05, 0.1) is 13.2 Å². The van der Waals surface area contributed by atoms with Crippen LogP contribution in [0.1, 0.15) is 12.5 Å². The summed E-state index contributed by atoms with van der Waals surface area (Å²) in [6.45, 7) is 1.91. The van der Waals surface area contributed by atoms with Crippen LogP contribution in [0.2, 0.25) is 0 Å². The Hall–Kier alpha value is -0.740. The summed E-state index contributed by atoms with van der Waals surface area (Å²) in [6.07, 6.45) is 1.84. The van der Waals surface area contributed by atoms with Crippen molar-refractivity contribution >= 4 is 11.8 Å². The molecule has 0 saturated heterocycles. The third-order valence-electron chi connectivity index (χ3n) is 1.84. The fourth-order valence-electron chi connectivity index (χ4n) is 1.19. The van der Waals surface area contributed by atoms with Gasteiger partial charge in [-0.05, 0) is 25.3 Å². The monoisotopic (exact) mass is 216 g/mol. The van der Waals surface area contributed by atoms with E-state index in [1.807, 2.05) is 6.26 Å². The van der Waals surface area contributed by atoms with E-state index in [1.165, 1.54) is 11.8 Å². The largest absolute Gasteiger partial charge is 0.491 e. The molecule has 1 N–H and O–H groups in total. The van der Waals surface area contributed by atoms with Crippen molar-refractivity contribution in [3.63, 3.8) is 0 Å². The summed E-state index contributed by atoms with van der Waals surface area (Å²) in [5.41, 5.74) is 0.309. The second-order valence-electron chi connectivity index (χ2n) is 2.65. The fraction of sp³-hybridized carbons (Fsp3) is 0.400. The van der Waals surface area contributed by atoms with E-state index in [0.29, 0.717) is 12.2 Å². The number of aliphatic hydroxyl groups excluding tert-OH is 1. The second kappa shape index (κ2) is 5.22. The van der Waals surface area contributed by atoms with Crippen molar-refractivity contribution in [3.05, 3.63) is 23.5 Å². The van der Waals surface area contributed by atoms with Gasteiger partial charge in [0.25, 0.3) is 0 Å². The highest BCUT2D eigenvalue weighted by molar-refractivity contribution is 7.98. The predicted molar refractivity (Wildman–Crippen MR) is 55.3 cm³/mol. The van der Waals surface area contributed by atoms with Crippen LogP contribution in [-0.2, 0) is 6.61 Å². The summed E-state index contributed by atoms with van der Waals surface area (Å²) < 4.78 is 18.7. The third-order valence-corrected chi connectivity index (χ3v) is 2.66. The minimum atomic E-state index is -0.457. The molecule has 0 aliphatic carbocycles. The van der Waals surface area contributed by atoms with Crippen LogP contribution in [0.4, 0.5) is 4.39 Å². The second-order valence-corrected chi connectivity index (χ2v) is 3.50. The van der Waals surface area contributed by atoms with E-state index in [-0.39, 0.29) is 12.4 Å². The number of benzene rings is 1. The number of hydrogen-bond acceptors (Lipinski definition) is 3. The molecule has 0 saturated carbocycles. The van der Waals surface area contributed by atoms with Crippen LogP contribution in [0.5, 0.6) is 5.75 Å². The number of aliphatic hydroxyl groups is 1. The first kappa shape index (κ1) is 11.3. The Morgan fingerprint density at radius 2 is 2.21 bits per heavy atom. The van der Waals surface area contributed by atoms with Crippen molar-refractivity contribution in [2.24, 2.45) is 0 Å². The van der Waals surface area contributed by atoms with Gasteiger partial charge in [0.15, 0.2) is 11.6 Å². The molecule has 0 unspecified atom stereocenters. The van der Waals surface area contributed by atoms with Crippen molar-refractivity contribution in [2.75, 3.05) is 12.9 Å². The quantitative estimate of drug-likeness (QED) is 0.784. The normalized spacial score (nSPS) is 10.3. The first-order valence-electron chi connectivity index (χ1n) is 4.33. The van der Waals surface area contributed by atoms with Gasteiger partial charge in [0, 0.05) is 10.5 Å². The SMILES string of the molecule is CCOc1ccc(SC)c(CO)c1F. The van der Waals surface area contributed by atoms with Crippen LogP contribution < -0.4 is 4.74 Å². The zero-order chi connectivity index (χ0) is 10.6. The lowest BCUT2D eigenvalue weighted by Gasteiger charge is -2.10. The summed E-state index contributed by atoms with van der Waals surface area (Å²) >= 11 is 1.41. The average Bonchev–Trinajstić information content (AvgIpc) is 2.21. The molecule has 0 heterocycles. The molecule has 0 amide bonds. The maximum Gasteiger partial charge on any atom is 0.171 e. The lowest BCUT2D eigenvalue weighted by Crippen LogP contribution is -2.00. The van der Waals surface area contributed by atoms with E-state index in [0.717, 1.165) is 4.90 Å². The van der Waals surface area contributed by atoms with Crippen LogP contribution >= 0.6 is 11.8 Å². The van der Waals surface area contributed by atoms with Crippen LogP contribution in [0.15, 0.2) is 17.0 Å². The Balaban J connectivity index is 3.13. The first-order valence-corrected chi connectivity index (χ1v) is 5.56. The molecular weight excluding hydrogens is 203 g/mol. The maximum atomic E-state index is 13.6. The summed E-state index contributed by atoms with van der Waals surface area (Å²) in [6, 6.07) is 3.34. The molecule has 0 aliphatic heterocycles. The summed E-state index contributed by atoms with van der Waals surface area (Å²) in [4.78, 5) is 0.744. The molecule has 0 aromatic heterocycles. The molecule has 1 rings (SSSR count). The van der Waals surface area contributed by atoms with E-state index in [1.54, 1.807) is 19.1 Å². The highest BCUT2D eigenvalue weighted by atomic mass is 32.2. The molecule has 0 radical (unpaired) electrons. The van der Waals surface area contributed by atoms with Crippen molar-refractivity contribution in [1.82, 2.24) is 0 Å². The molecule has 0 atom stereocenters. The Morgan fingerprint density at radius 3 is 2.71 bits per heavy atom. The molecule has 0 spiro atoms. The molecular formula is C10H13FO2S. The molecule has 0 bridgehead atoms. The molecule has 1 aromatic carbocycles. The van der Waals surface area contributed by atoms with Crippen molar-refractivity contribution in [1.29, 1.82) is 0 Å². The van der Waals surface area contributed by atoms with Crippen LogP contribution in [0.25, 0.3) is 0 Å². The fourth-order valence-corrected chi connectivity index (χ4v) is 1.79. The van der Waals surface area contributed by atoms with E-state index in [4.69, 9.17) is 9.84 Å². The van der Waals surface area contributed by atoms with Gasteiger partial charge in [-0.3, -0.25) is 0 Å². The van der Waals surface area contributed by atoms with E-state index in [9.17, 15) is 4.39 Å². The molecule has 2 nitrogen and oxygen atoms in total. The van der Waals surface area contributed by atoms with E-state index >= 15 is 0 Å². The van der Waals surface area contributed by atoms with Gasteiger partial charge in [-0.2, -0.15) is 0 Å². The number of halogens is 1. The Bertz CT molecular complexity index is 315. The number of ether oxygens (including phenoxy) is 1. The number of thioether (sulfide) groups is 1. The van der Waals surface area contributed by atoms with Gasteiger partial charge in [-0.25, -0.2) is 4.39 Å². The summed E-state index contributed by atoms with van der Waals surface area (Å²) in [7, 11) is 0. The topological polar surface area (TPSA) is 29.5 Å². The Labute approximate surface area is 87.1 Å². The van der Waals surface area contributed by atoms with Gasteiger partial charge in [0.1, 0.15) is 0 Å². The highest BCUT2D eigenvalue weighted by Gasteiger charge is 2.12. The molecule has 14 heavy (non-hydrogen) atoms. The van der Waals surface area contributed by atoms with Gasteiger partial charge in [-0.15, -0.1) is 11.8 Å². The third kappa shape index (κ3) is 2.19. The molecule has 1 aromatic rings. The lowest BCUT2D eigenvalue weighted by molar-refractivity contribution is 0.265. The summed E-state index contributed by atoms with van der Waals surface area (Å²) in [5.74, 6) is -0.254. The van der Waals surface area contributed by atoms with E-state index in [2.05, 4.69) is 0 Å². The van der Waals surface area contributed by atoms with Gasteiger partial charge >= 0.3 is 0 Å². The zero-order valence-corrected chi connectivity index (χ0v) is 9.03. The van der Waals surface area contributed by atoms with Gasteiger partial charge < -0.3 is 9.84 Å². The molecule has 78 valence electrons. The van der Waals surface area contributed by atoms with Crippen LogP contribution in [-0.4, -0.2) is 18.0 Å². The lowest BCUT2D eigenvalue weighted by atomic mass is 10.2. The predicted octanol–water partition coefficient (Wildman–Crippen LogP) is 2.44. The van der Waals surface area contributed by atoms with E-state index < -0.39 is 5.82 Å². The zero-order valence-electron chi connectivity index (χ0n) is 8.21. The average molecular weight is 216 g/mol. The highest BCUT2D eigenvalue weighted by Crippen LogP contribution is 2.29. The molecule has 0 aliphatic rings. The van der Waals surface area contributed by atoms with Gasteiger partial charge in [0.2, 0.25) is 0 Å². The van der Waals surface area contributed by atoms with Crippen LogP contribution in [0, 0.1) is 5.82 Å².